The standard InChI is InChI=1S/C11H18ClN3/c1-5-11(4,7-12)15-10-6-8(2)13-9(3)14-10/h6H,5,7H2,1-4H3,(H,13,14,15). The minimum absolute atomic E-state index is 0.102. The molecule has 1 rings (SSSR count). The van der Waals surface area contributed by atoms with Gasteiger partial charge in [0.2, 0.25) is 0 Å². The zero-order chi connectivity index (χ0) is 11.5. The van der Waals surface area contributed by atoms with Crippen LogP contribution < -0.4 is 5.32 Å². The molecule has 0 fully saturated rings. The normalized spacial score (nSPS) is 14.7. The Labute approximate surface area is 96.3 Å². The molecule has 0 amide bonds. The Morgan fingerprint density at radius 1 is 1.40 bits per heavy atom. The summed E-state index contributed by atoms with van der Waals surface area (Å²) in [5.74, 6) is 2.20. The Bertz CT molecular complexity index is 314. The Hall–Kier alpha value is -0.830. The topological polar surface area (TPSA) is 37.8 Å². The Morgan fingerprint density at radius 2 is 2.07 bits per heavy atom. The van der Waals surface area contributed by atoms with Crippen molar-refractivity contribution in [1.29, 1.82) is 0 Å². The highest BCUT2D eigenvalue weighted by molar-refractivity contribution is 6.18. The van der Waals surface area contributed by atoms with Gasteiger partial charge >= 0.3 is 0 Å². The molecule has 84 valence electrons. The van der Waals surface area contributed by atoms with E-state index in [0.29, 0.717) is 5.88 Å². The summed E-state index contributed by atoms with van der Waals surface area (Å²) in [5, 5.41) is 3.35. The minimum Gasteiger partial charge on any atom is -0.364 e. The second kappa shape index (κ2) is 4.79. The SMILES string of the molecule is CCC(C)(CCl)Nc1cc(C)nc(C)n1. The first-order chi connectivity index (χ1) is 6.99. The third-order valence-electron chi connectivity index (χ3n) is 2.47. The highest BCUT2D eigenvalue weighted by Crippen LogP contribution is 2.18. The third-order valence-corrected chi connectivity index (χ3v) is 3.06. The molecule has 1 unspecified atom stereocenters. The van der Waals surface area contributed by atoms with Gasteiger partial charge in [0.1, 0.15) is 11.6 Å². The average molecular weight is 228 g/mol. The lowest BCUT2D eigenvalue weighted by atomic mass is 10.0. The molecule has 15 heavy (non-hydrogen) atoms. The van der Waals surface area contributed by atoms with E-state index in [1.807, 2.05) is 19.9 Å². The number of aromatic nitrogens is 2. The van der Waals surface area contributed by atoms with Gasteiger partial charge in [-0.3, -0.25) is 0 Å². The molecule has 0 saturated carbocycles. The molecular formula is C11H18ClN3. The Morgan fingerprint density at radius 3 is 2.53 bits per heavy atom. The van der Waals surface area contributed by atoms with Gasteiger partial charge in [-0.2, -0.15) is 0 Å². The van der Waals surface area contributed by atoms with Crippen LogP contribution in [-0.2, 0) is 0 Å². The summed E-state index contributed by atoms with van der Waals surface area (Å²) in [6.45, 7) is 8.05. The molecule has 0 aliphatic rings. The van der Waals surface area contributed by atoms with Crippen molar-refractivity contribution < 1.29 is 0 Å². The lowest BCUT2D eigenvalue weighted by Gasteiger charge is -2.27. The summed E-state index contributed by atoms with van der Waals surface area (Å²) in [7, 11) is 0. The van der Waals surface area contributed by atoms with Crippen molar-refractivity contribution in [2.24, 2.45) is 0 Å². The van der Waals surface area contributed by atoms with Crippen LogP contribution in [0.15, 0.2) is 6.07 Å². The van der Waals surface area contributed by atoms with Crippen LogP contribution in [0.25, 0.3) is 0 Å². The maximum absolute atomic E-state index is 5.93. The smallest absolute Gasteiger partial charge is 0.130 e. The number of anilines is 1. The molecule has 1 aromatic heterocycles. The van der Waals surface area contributed by atoms with E-state index in [2.05, 4.69) is 29.1 Å². The molecule has 0 saturated heterocycles. The van der Waals surface area contributed by atoms with E-state index in [4.69, 9.17) is 11.6 Å². The predicted molar refractivity (Wildman–Crippen MR) is 64.5 cm³/mol. The summed E-state index contributed by atoms with van der Waals surface area (Å²) in [5.41, 5.74) is 0.868. The van der Waals surface area contributed by atoms with Crippen LogP contribution in [0.4, 0.5) is 5.82 Å². The molecule has 4 heteroatoms. The molecule has 1 aromatic rings. The van der Waals surface area contributed by atoms with Gasteiger partial charge in [0.25, 0.3) is 0 Å². The highest BCUT2D eigenvalue weighted by atomic mass is 35.5. The van der Waals surface area contributed by atoms with Crippen molar-refractivity contribution in [2.45, 2.75) is 39.7 Å². The number of nitrogens with zero attached hydrogens (tertiary/aromatic N) is 2. The zero-order valence-electron chi connectivity index (χ0n) is 9.76. The number of rotatable bonds is 4. The van der Waals surface area contributed by atoms with Gasteiger partial charge in [0.05, 0.1) is 0 Å². The Kier molecular flexibility index (Phi) is 3.91. The predicted octanol–water partition coefficient (Wildman–Crippen LogP) is 2.91. The van der Waals surface area contributed by atoms with Crippen LogP contribution >= 0.6 is 11.6 Å². The maximum atomic E-state index is 5.93. The average Bonchev–Trinajstić information content (AvgIpc) is 2.16. The van der Waals surface area contributed by atoms with Crippen LogP contribution in [0.3, 0.4) is 0 Å². The number of alkyl halides is 1. The molecule has 0 spiro atoms. The summed E-state index contributed by atoms with van der Waals surface area (Å²) in [4.78, 5) is 8.57. The van der Waals surface area contributed by atoms with Crippen molar-refractivity contribution in [3.05, 3.63) is 17.6 Å². The van der Waals surface area contributed by atoms with E-state index >= 15 is 0 Å². The summed E-state index contributed by atoms with van der Waals surface area (Å²) >= 11 is 5.93. The van der Waals surface area contributed by atoms with Gasteiger partial charge in [-0.05, 0) is 27.2 Å². The molecule has 0 bridgehead atoms. The number of halogens is 1. The summed E-state index contributed by atoms with van der Waals surface area (Å²) < 4.78 is 0. The molecule has 0 radical (unpaired) electrons. The van der Waals surface area contributed by atoms with Crippen molar-refractivity contribution in [2.75, 3.05) is 11.2 Å². The largest absolute Gasteiger partial charge is 0.364 e. The molecule has 1 N–H and O–H groups in total. The molecule has 0 aliphatic carbocycles. The van der Waals surface area contributed by atoms with Crippen molar-refractivity contribution in [3.63, 3.8) is 0 Å². The quantitative estimate of drug-likeness (QED) is 0.804. The van der Waals surface area contributed by atoms with Crippen LogP contribution in [0.1, 0.15) is 31.8 Å². The second-order valence-corrected chi connectivity index (χ2v) is 4.38. The fourth-order valence-electron chi connectivity index (χ4n) is 1.31. The molecule has 3 nitrogen and oxygen atoms in total. The van der Waals surface area contributed by atoms with Gasteiger partial charge in [-0.25, -0.2) is 9.97 Å². The monoisotopic (exact) mass is 227 g/mol. The van der Waals surface area contributed by atoms with Crippen LogP contribution in [-0.4, -0.2) is 21.4 Å². The second-order valence-electron chi connectivity index (χ2n) is 4.11. The zero-order valence-corrected chi connectivity index (χ0v) is 10.5. The number of hydrogen-bond donors (Lipinski definition) is 1. The minimum atomic E-state index is -0.102. The first-order valence-corrected chi connectivity index (χ1v) is 5.69. The van der Waals surface area contributed by atoms with Crippen molar-refractivity contribution in [3.8, 4) is 0 Å². The van der Waals surface area contributed by atoms with E-state index in [9.17, 15) is 0 Å². The van der Waals surface area contributed by atoms with Gasteiger partial charge in [-0.1, -0.05) is 6.92 Å². The number of aryl methyl sites for hydroxylation is 2. The molecule has 1 atom stereocenters. The van der Waals surface area contributed by atoms with E-state index < -0.39 is 0 Å². The lowest BCUT2D eigenvalue weighted by molar-refractivity contribution is 0.551. The maximum Gasteiger partial charge on any atom is 0.130 e. The lowest BCUT2D eigenvalue weighted by Crippen LogP contribution is -2.36. The molecular weight excluding hydrogens is 210 g/mol. The van der Waals surface area contributed by atoms with Gasteiger partial charge in [0.15, 0.2) is 0 Å². The van der Waals surface area contributed by atoms with Gasteiger partial charge < -0.3 is 5.32 Å². The van der Waals surface area contributed by atoms with Gasteiger partial charge in [0, 0.05) is 23.2 Å². The fraction of sp³-hybridized carbons (Fsp3) is 0.636. The summed E-state index contributed by atoms with van der Waals surface area (Å²) in [6, 6.07) is 1.94. The van der Waals surface area contributed by atoms with Crippen LogP contribution in [0.2, 0.25) is 0 Å². The fourth-order valence-corrected chi connectivity index (χ4v) is 1.56. The molecule has 0 aliphatic heterocycles. The third kappa shape index (κ3) is 3.34. The van der Waals surface area contributed by atoms with Crippen molar-refractivity contribution >= 4 is 17.4 Å². The highest BCUT2D eigenvalue weighted by Gasteiger charge is 2.20. The number of hydrogen-bond acceptors (Lipinski definition) is 3. The van der Waals surface area contributed by atoms with Crippen LogP contribution in [0.5, 0.6) is 0 Å². The van der Waals surface area contributed by atoms with E-state index in [1.54, 1.807) is 0 Å². The van der Waals surface area contributed by atoms with E-state index in [1.165, 1.54) is 0 Å². The van der Waals surface area contributed by atoms with Gasteiger partial charge in [-0.15, -0.1) is 11.6 Å². The van der Waals surface area contributed by atoms with Crippen molar-refractivity contribution in [1.82, 2.24) is 9.97 Å². The Balaban J connectivity index is 2.88. The first-order valence-electron chi connectivity index (χ1n) is 5.15. The summed E-state index contributed by atoms with van der Waals surface area (Å²) in [6.07, 6.45) is 0.957. The van der Waals surface area contributed by atoms with Crippen LogP contribution in [0, 0.1) is 13.8 Å². The first kappa shape index (κ1) is 12.2. The number of nitrogens with one attached hydrogen (secondary N) is 1. The molecule has 1 heterocycles. The van der Waals surface area contributed by atoms with E-state index in [0.717, 1.165) is 23.8 Å². The van der Waals surface area contributed by atoms with E-state index in [-0.39, 0.29) is 5.54 Å². The molecule has 0 aromatic carbocycles.